The Bertz CT molecular complexity index is 368. The number of carbonyl (C=O) groups is 1. The van der Waals surface area contributed by atoms with Crippen molar-refractivity contribution in [1.29, 1.82) is 0 Å². The van der Waals surface area contributed by atoms with Crippen LogP contribution in [0, 0.1) is 5.92 Å². The number of amides is 1. The van der Waals surface area contributed by atoms with Crippen LogP contribution in [0.3, 0.4) is 0 Å². The molecule has 0 heterocycles. The van der Waals surface area contributed by atoms with Crippen LogP contribution >= 0.6 is 15.9 Å². The lowest BCUT2D eigenvalue weighted by molar-refractivity contribution is -0.125. The molecule has 1 rings (SSSR count). The van der Waals surface area contributed by atoms with Crippen molar-refractivity contribution in [2.75, 3.05) is 13.1 Å². The van der Waals surface area contributed by atoms with Crippen molar-refractivity contribution in [2.45, 2.75) is 19.8 Å². The molecule has 0 saturated carbocycles. The molecule has 0 bridgehead atoms. The summed E-state index contributed by atoms with van der Waals surface area (Å²) >= 11 is 3.44. The van der Waals surface area contributed by atoms with E-state index in [1.165, 1.54) is 5.56 Å². The van der Waals surface area contributed by atoms with Gasteiger partial charge in [0.15, 0.2) is 0 Å². The highest BCUT2D eigenvalue weighted by molar-refractivity contribution is 9.10. The molecule has 1 atom stereocenters. The Morgan fingerprint density at radius 1 is 1.53 bits per heavy atom. The molecule has 94 valence electrons. The molecule has 1 amide bonds. The maximum absolute atomic E-state index is 11.8. The highest BCUT2D eigenvalue weighted by Gasteiger charge is 2.16. The standard InChI is InChI=1S/C13H19BrN2O/c1-2-11(13(17)16-7-6-15)8-10-4-3-5-12(14)9-10/h3-5,9,11H,2,6-8,15H2,1H3,(H,16,17). The summed E-state index contributed by atoms with van der Waals surface area (Å²) in [6.07, 6.45) is 1.61. The summed E-state index contributed by atoms with van der Waals surface area (Å²) in [4.78, 5) is 11.8. The van der Waals surface area contributed by atoms with Crippen molar-refractivity contribution >= 4 is 21.8 Å². The number of carbonyl (C=O) groups excluding carboxylic acids is 1. The van der Waals surface area contributed by atoms with Crippen molar-refractivity contribution in [1.82, 2.24) is 5.32 Å². The summed E-state index contributed by atoms with van der Waals surface area (Å²) in [5.74, 6) is 0.119. The van der Waals surface area contributed by atoms with Gasteiger partial charge < -0.3 is 11.1 Å². The summed E-state index contributed by atoms with van der Waals surface area (Å²) in [6, 6.07) is 8.07. The Hall–Kier alpha value is -0.870. The van der Waals surface area contributed by atoms with Crippen LogP contribution in [0.5, 0.6) is 0 Å². The van der Waals surface area contributed by atoms with E-state index in [9.17, 15) is 4.79 Å². The second kappa shape index (κ2) is 7.45. The van der Waals surface area contributed by atoms with Crippen molar-refractivity contribution < 1.29 is 4.79 Å². The number of hydrogen-bond donors (Lipinski definition) is 2. The highest BCUT2D eigenvalue weighted by atomic mass is 79.9. The van der Waals surface area contributed by atoms with E-state index in [4.69, 9.17) is 5.73 Å². The van der Waals surface area contributed by atoms with E-state index in [2.05, 4.69) is 27.3 Å². The van der Waals surface area contributed by atoms with Crippen LogP contribution in [0.15, 0.2) is 28.7 Å². The van der Waals surface area contributed by atoms with Crippen molar-refractivity contribution in [3.63, 3.8) is 0 Å². The quantitative estimate of drug-likeness (QED) is 0.845. The fourth-order valence-electron chi connectivity index (χ4n) is 1.71. The van der Waals surface area contributed by atoms with Gasteiger partial charge in [0.05, 0.1) is 0 Å². The molecule has 1 aromatic rings. The minimum atomic E-state index is 0.0239. The van der Waals surface area contributed by atoms with Gasteiger partial charge in [0, 0.05) is 23.5 Å². The molecular weight excluding hydrogens is 280 g/mol. The normalized spacial score (nSPS) is 12.2. The van der Waals surface area contributed by atoms with Gasteiger partial charge in [0.1, 0.15) is 0 Å². The molecule has 0 saturated heterocycles. The van der Waals surface area contributed by atoms with E-state index in [1.54, 1.807) is 0 Å². The first-order valence-corrected chi connectivity index (χ1v) is 6.69. The number of nitrogens with two attached hydrogens (primary N) is 1. The fourth-order valence-corrected chi connectivity index (χ4v) is 2.16. The summed E-state index contributed by atoms with van der Waals surface area (Å²) < 4.78 is 1.05. The lowest BCUT2D eigenvalue weighted by Crippen LogP contribution is -2.35. The summed E-state index contributed by atoms with van der Waals surface area (Å²) in [5.41, 5.74) is 6.55. The average molecular weight is 299 g/mol. The molecule has 0 radical (unpaired) electrons. The maximum Gasteiger partial charge on any atom is 0.223 e. The first kappa shape index (κ1) is 14.2. The second-order valence-corrected chi connectivity index (χ2v) is 4.93. The van der Waals surface area contributed by atoms with Crippen LogP contribution in [0.25, 0.3) is 0 Å². The van der Waals surface area contributed by atoms with Crippen LogP contribution in [-0.2, 0) is 11.2 Å². The third kappa shape index (κ3) is 4.88. The molecule has 0 aromatic heterocycles. The first-order chi connectivity index (χ1) is 8.17. The fraction of sp³-hybridized carbons (Fsp3) is 0.462. The minimum absolute atomic E-state index is 0.0239. The van der Waals surface area contributed by atoms with Gasteiger partial charge in [-0.05, 0) is 30.5 Å². The Morgan fingerprint density at radius 3 is 2.88 bits per heavy atom. The molecule has 0 aliphatic rings. The van der Waals surface area contributed by atoms with Crippen molar-refractivity contribution in [2.24, 2.45) is 11.7 Å². The third-order valence-corrected chi connectivity index (χ3v) is 3.17. The summed E-state index contributed by atoms with van der Waals surface area (Å²) in [7, 11) is 0. The average Bonchev–Trinajstić information content (AvgIpc) is 2.33. The molecule has 1 aromatic carbocycles. The van der Waals surface area contributed by atoms with Gasteiger partial charge >= 0.3 is 0 Å². The molecule has 0 aliphatic carbocycles. The molecule has 3 nitrogen and oxygen atoms in total. The Morgan fingerprint density at radius 2 is 2.29 bits per heavy atom. The number of nitrogens with one attached hydrogen (secondary N) is 1. The number of rotatable bonds is 6. The smallest absolute Gasteiger partial charge is 0.223 e. The van der Waals surface area contributed by atoms with Crippen LogP contribution in [0.1, 0.15) is 18.9 Å². The summed E-state index contributed by atoms with van der Waals surface area (Å²) in [6.45, 7) is 3.07. The number of benzene rings is 1. The zero-order valence-electron chi connectivity index (χ0n) is 10.1. The summed E-state index contributed by atoms with van der Waals surface area (Å²) in [5, 5.41) is 2.84. The molecular formula is C13H19BrN2O. The number of hydrogen-bond acceptors (Lipinski definition) is 2. The maximum atomic E-state index is 11.8. The lowest BCUT2D eigenvalue weighted by Gasteiger charge is -2.14. The van der Waals surface area contributed by atoms with Gasteiger partial charge in [-0.2, -0.15) is 0 Å². The van der Waals surface area contributed by atoms with Gasteiger partial charge in [0.25, 0.3) is 0 Å². The van der Waals surface area contributed by atoms with Crippen molar-refractivity contribution in [3.05, 3.63) is 34.3 Å². The van der Waals surface area contributed by atoms with E-state index in [1.807, 2.05) is 25.1 Å². The Balaban J connectivity index is 2.60. The van der Waals surface area contributed by atoms with E-state index >= 15 is 0 Å². The first-order valence-electron chi connectivity index (χ1n) is 5.89. The van der Waals surface area contributed by atoms with Gasteiger partial charge in [-0.25, -0.2) is 0 Å². The van der Waals surface area contributed by atoms with E-state index in [0.717, 1.165) is 17.3 Å². The monoisotopic (exact) mass is 298 g/mol. The van der Waals surface area contributed by atoms with Crippen LogP contribution in [0.2, 0.25) is 0 Å². The lowest BCUT2D eigenvalue weighted by atomic mass is 9.96. The van der Waals surface area contributed by atoms with Gasteiger partial charge in [0.2, 0.25) is 5.91 Å². The second-order valence-electron chi connectivity index (χ2n) is 4.02. The molecule has 0 spiro atoms. The molecule has 3 N–H and O–H groups in total. The third-order valence-electron chi connectivity index (χ3n) is 2.68. The van der Waals surface area contributed by atoms with E-state index in [-0.39, 0.29) is 11.8 Å². The predicted molar refractivity (Wildman–Crippen MR) is 73.7 cm³/mol. The zero-order valence-corrected chi connectivity index (χ0v) is 11.7. The van der Waals surface area contributed by atoms with Gasteiger partial charge in [-0.1, -0.05) is 35.0 Å². The van der Waals surface area contributed by atoms with Gasteiger partial charge in [-0.3, -0.25) is 4.79 Å². The van der Waals surface area contributed by atoms with Crippen LogP contribution < -0.4 is 11.1 Å². The molecule has 1 unspecified atom stereocenters. The molecule has 17 heavy (non-hydrogen) atoms. The highest BCUT2D eigenvalue weighted by Crippen LogP contribution is 2.17. The van der Waals surface area contributed by atoms with Gasteiger partial charge in [-0.15, -0.1) is 0 Å². The molecule has 4 heteroatoms. The van der Waals surface area contributed by atoms with E-state index < -0.39 is 0 Å². The predicted octanol–water partition coefficient (Wildman–Crippen LogP) is 2.09. The minimum Gasteiger partial charge on any atom is -0.355 e. The Labute approximate surface area is 111 Å². The Kier molecular flexibility index (Phi) is 6.22. The SMILES string of the molecule is CCC(Cc1cccc(Br)c1)C(=O)NCCN. The van der Waals surface area contributed by atoms with Crippen molar-refractivity contribution in [3.8, 4) is 0 Å². The van der Waals surface area contributed by atoms with Crippen LogP contribution in [-0.4, -0.2) is 19.0 Å². The number of halogens is 1. The zero-order chi connectivity index (χ0) is 12.7. The van der Waals surface area contributed by atoms with E-state index in [0.29, 0.717) is 13.1 Å². The largest absolute Gasteiger partial charge is 0.355 e. The molecule has 0 fully saturated rings. The van der Waals surface area contributed by atoms with Crippen LogP contribution in [0.4, 0.5) is 0 Å². The topological polar surface area (TPSA) is 55.1 Å². The molecule has 0 aliphatic heterocycles.